The first kappa shape index (κ1) is 20.4. The Hall–Kier alpha value is -3.92. The number of rotatable bonds is 6. The summed E-state index contributed by atoms with van der Waals surface area (Å²) in [6.45, 7) is 3.70. The number of carbonyl (C=O) groups excluding carboxylic acids is 3. The van der Waals surface area contributed by atoms with Crippen LogP contribution in [0.2, 0.25) is 0 Å². The van der Waals surface area contributed by atoms with E-state index in [9.17, 15) is 14.4 Å². The Labute approximate surface area is 179 Å². The van der Waals surface area contributed by atoms with Crippen molar-refractivity contribution in [2.24, 2.45) is 0 Å². The zero-order chi connectivity index (χ0) is 22.2. The molecule has 7 nitrogen and oxygen atoms in total. The Balaban J connectivity index is 1.62. The molecule has 0 spiro atoms. The maximum Gasteiger partial charge on any atom is 0.325 e. The van der Waals surface area contributed by atoms with E-state index in [0.717, 1.165) is 21.4 Å². The Morgan fingerprint density at radius 1 is 1.13 bits per heavy atom. The minimum atomic E-state index is -1.22. The molecule has 0 radical (unpaired) electrons. The quantitative estimate of drug-likeness (QED) is 0.493. The van der Waals surface area contributed by atoms with Crippen molar-refractivity contribution in [3.05, 3.63) is 71.4 Å². The summed E-state index contributed by atoms with van der Waals surface area (Å²) in [5.74, 6) is -0.786. The Kier molecular flexibility index (Phi) is 5.07. The molecule has 1 aliphatic rings. The van der Waals surface area contributed by atoms with E-state index in [1.54, 1.807) is 13.1 Å². The van der Waals surface area contributed by atoms with Gasteiger partial charge in [-0.05, 0) is 25.5 Å². The van der Waals surface area contributed by atoms with E-state index in [-0.39, 0.29) is 12.3 Å². The summed E-state index contributed by atoms with van der Waals surface area (Å²) >= 11 is 0. The molecule has 3 aromatic rings. The van der Waals surface area contributed by atoms with Crippen LogP contribution in [0.25, 0.3) is 10.9 Å². The van der Waals surface area contributed by atoms with Gasteiger partial charge in [-0.3, -0.25) is 14.5 Å². The number of fused-ring (bicyclic) bond motifs is 1. The van der Waals surface area contributed by atoms with Gasteiger partial charge in [0, 0.05) is 29.2 Å². The number of benzene rings is 2. The van der Waals surface area contributed by atoms with Crippen LogP contribution < -0.4 is 5.32 Å². The van der Waals surface area contributed by atoms with Crippen molar-refractivity contribution in [1.82, 2.24) is 14.8 Å². The molecule has 31 heavy (non-hydrogen) atoms. The highest BCUT2D eigenvalue weighted by atomic mass is 16.2. The number of ketones is 1. The molecule has 1 aromatic heterocycles. The number of aromatic nitrogens is 1. The molecule has 1 atom stereocenters. The highest BCUT2D eigenvalue weighted by molar-refractivity contribution is 6.14. The van der Waals surface area contributed by atoms with Gasteiger partial charge < -0.3 is 9.88 Å². The van der Waals surface area contributed by atoms with Gasteiger partial charge in [-0.1, -0.05) is 48.0 Å². The van der Waals surface area contributed by atoms with E-state index >= 15 is 0 Å². The lowest BCUT2D eigenvalue weighted by atomic mass is 9.91. The number of nitrogens with zero attached hydrogens (tertiary/aromatic N) is 3. The smallest absolute Gasteiger partial charge is 0.325 e. The number of nitriles is 1. The van der Waals surface area contributed by atoms with E-state index in [2.05, 4.69) is 11.4 Å². The van der Waals surface area contributed by atoms with Crippen LogP contribution in [-0.2, 0) is 16.9 Å². The molecule has 7 heteroatoms. The number of nitrogens with one attached hydrogen (secondary N) is 1. The second-order valence-corrected chi connectivity index (χ2v) is 7.90. The van der Waals surface area contributed by atoms with Gasteiger partial charge in [0.15, 0.2) is 5.78 Å². The SMILES string of the molecule is Cc1ccc(C2(C)NC(=O)N(CC(=O)c3cn(CCC#N)c4ccccc34)C2=O)cc1. The highest BCUT2D eigenvalue weighted by Gasteiger charge is 2.49. The Bertz CT molecular complexity index is 1240. The molecule has 0 bridgehead atoms. The standard InChI is InChI=1S/C24H22N4O3/c1-16-8-10-17(11-9-16)24(2)22(30)28(23(31)26-24)15-21(29)19-14-27(13-5-12-25)20-7-4-3-6-18(19)20/h3-4,6-11,14H,5,13,15H2,1-2H3,(H,26,31). The number of hydrogen-bond acceptors (Lipinski definition) is 4. The van der Waals surface area contributed by atoms with Crippen molar-refractivity contribution in [3.8, 4) is 6.07 Å². The van der Waals surface area contributed by atoms with Crippen molar-refractivity contribution in [2.45, 2.75) is 32.4 Å². The predicted octanol–water partition coefficient (Wildman–Crippen LogP) is 3.51. The van der Waals surface area contributed by atoms with Crippen LogP contribution in [0.4, 0.5) is 4.79 Å². The summed E-state index contributed by atoms with van der Waals surface area (Å²) in [5.41, 5.74) is 1.76. The molecule has 0 saturated carbocycles. The van der Waals surface area contributed by atoms with Crippen molar-refractivity contribution < 1.29 is 14.4 Å². The van der Waals surface area contributed by atoms with Crippen LogP contribution in [-0.4, -0.2) is 33.7 Å². The first-order chi connectivity index (χ1) is 14.8. The van der Waals surface area contributed by atoms with Gasteiger partial charge in [0.2, 0.25) is 0 Å². The van der Waals surface area contributed by atoms with Crippen molar-refractivity contribution in [3.63, 3.8) is 0 Å². The van der Waals surface area contributed by atoms with Gasteiger partial charge in [-0.2, -0.15) is 5.26 Å². The largest absolute Gasteiger partial charge is 0.346 e. The zero-order valence-electron chi connectivity index (χ0n) is 17.4. The van der Waals surface area contributed by atoms with Crippen molar-refractivity contribution in [2.75, 3.05) is 6.54 Å². The summed E-state index contributed by atoms with van der Waals surface area (Å²) in [7, 11) is 0. The number of imide groups is 1. The number of carbonyl (C=O) groups is 3. The topological polar surface area (TPSA) is 95.2 Å². The summed E-state index contributed by atoms with van der Waals surface area (Å²) in [4.78, 5) is 39.9. The number of amides is 3. The number of Topliss-reactive ketones (excluding diaryl/α,β-unsaturated/α-hetero) is 1. The van der Waals surface area contributed by atoms with Crippen molar-refractivity contribution >= 4 is 28.6 Å². The van der Waals surface area contributed by atoms with Gasteiger partial charge in [-0.25, -0.2) is 4.79 Å². The van der Waals surface area contributed by atoms with Gasteiger partial charge in [-0.15, -0.1) is 0 Å². The highest BCUT2D eigenvalue weighted by Crippen LogP contribution is 2.30. The monoisotopic (exact) mass is 414 g/mol. The Morgan fingerprint density at radius 3 is 2.55 bits per heavy atom. The van der Waals surface area contributed by atoms with E-state index in [0.29, 0.717) is 24.1 Å². The van der Waals surface area contributed by atoms with Gasteiger partial charge in [0.25, 0.3) is 5.91 Å². The molecule has 2 aromatic carbocycles. The lowest BCUT2D eigenvalue weighted by Crippen LogP contribution is -2.41. The summed E-state index contributed by atoms with van der Waals surface area (Å²) in [6.07, 6.45) is 2.01. The third kappa shape index (κ3) is 3.46. The molecular weight excluding hydrogens is 392 g/mol. The van der Waals surface area contributed by atoms with Gasteiger partial charge in [0.05, 0.1) is 19.0 Å². The molecule has 3 amide bonds. The number of hydrogen-bond donors (Lipinski definition) is 1. The molecule has 1 fully saturated rings. The predicted molar refractivity (Wildman–Crippen MR) is 115 cm³/mol. The maximum absolute atomic E-state index is 13.1. The molecule has 1 unspecified atom stereocenters. The van der Waals surface area contributed by atoms with Gasteiger partial charge >= 0.3 is 6.03 Å². The minimum Gasteiger partial charge on any atom is -0.346 e. The first-order valence-corrected chi connectivity index (χ1v) is 10.0. The fraction of sp³-hybridized carbons (Fsp3) is 0.250. The zero-order valence-corrected chi connectivity index (χ0v) is 17.4. The molecule has 1 saturated heterocycles. The third-order valence-corrected chi connectivity index (χ3v) is 5.76. The Morgan fingerprint density at radius 2 is 1.84 bits per heavy atom. The van der Waals surface area contributed by atoms with Crippen LogP contribution in [0.5, 0.6) is 0 Å². The van der Waals surface area contributed by atoms with E-state index in [4.69, 9.17) is 5.26 Å². The van der Waals surface area contributed by atoms with E-state index in [1.807, 2.05) is 60.0 Å². The van der Waals surface area contributed by atoms with Crippen LogP contribution in [0.15, 0.2) is 54.7 Å². The third-order valence-electron chi connectivity index (χ3n) is 5.76. The average molecular weight is 414 g/mol. The van der Waals surface area contributed by atoms with Crippen molar-refractivity contribution in [1.29, 1.82) is 5.26 Å². The van der Waals surface area contributed by atoms with E-state index in [1.165, 1.54) is 0 Å². The number of urea groups is 1. The average Bonchev–Trinajstić information content (AvgIpc) is 3.23. The minimum absolute atomic E-state index is 0.314. The number of para-hydroxylation sites is 1. The first-order valence-electron chi connectivity index (χ1n) is 10.0. The molecule has 2 heterocycles. The van der Waals surface area contributed by atoms with E-state index < -0.39 is 17.5 Å². The fourth-order valence-corrected chi connectivity index (χ4v) is 3.98. The summed E-state index contributed by atoms with van der Waals surface area (Å²) in [6, 6.07) is 16.3. The van der Waals surface area contributed by atoms with Crippen LogP contribution >= 0.6 is 0 Å². The molecule has 1 N–H and O–H groups in total. The second kappa shape index (κ2) is 7.73. The molecule has 0 aliphatic carbocycles. The van der Waals surface area contributed by atoms with Crippen LogP contribution in [0, 0.1) is 18.3 Å². The summed E-state index contributed by atoms with van der Waals surface area (Å²) in [5, 5.41) is 12.4. The normalized spacial score (nSPS) is 18.3. The molecule has 1 aliphatic heterocycles. The lowest BCUT2D eigenvalue weighted by Gasteiger charge is -2.22. The second-order valence-electron chi connectivity index (χ2n) is 7.90. The lowest BCUT2D eigenvalue weighted by molar-refractivity contribution is -0.130. The van der Waals surface area contributed by atoms with Crippen LogP contribution in [0.3, 0.4) is 0 Å². The maximum atomic E-state index is 13.1. The molecule has 156 valence electrons. The van der Waals surface area contributed by atoms with Crippen LogP contribution in [0.1, 0.15) is 34.8 Å². The number of aryl methyl sites for hydroxylation is 2. The molecule has 4 rings (SSSR count). The summed E-state index contributed by atoms with van der Waals surface area (Å²) < 4.78 is 1.86. The fourth-order valence-electron chi connectivity index (χ4n) is 3.98. The molecular formula is C24H22N4O3. The van der Waals surface area contributed by atoms with Gasteiger partial charge in [0.1, 0.15) is 5.54 Å².